The van der Waals surface area contributed by atoms with E-state index in [-0.39, 0.29) is 49.3 Å². The molecule has 0 spiro atoms. The normalized spacial score (nSPS) is 10.6. The Morgan fingerprint density at radius 1 is 0.319 bits per heavy atom. The fourth-order valence-corrected chi connectivity index (χ4v) is 5.89. The van der Waals surface area contributed by atoms with Crippen LogP contribution >= 0.6 is 0 Å². The molecular weight excluding hydrogens is 617 g/mol. The number of hydrogen-bond donors (Lipinski definition) is 0. The van der Waals surface area contributed by atoms with Crippen molar-refractivity contribution in [3.05, 3.63) is 0 Å². The predicted molar refractivity (Wildman–Crippen MR) is 194 cm³/mol. The van der Waals surface area contributed by atoms with Gasteiger partial charge >= 0.3 is 37.7 Å². The number of rotatable bonds is 36. The molecule has 0 rings (SSSR count). The molecule has 0 aromatic carbocycles. The zero-order valence-corrected chi connectivity index (χ0v) is 33.4. The molecule has 6 nitrogen and oxygen atoms in total. The van der Waals surface area contributed by atoms with E-state index in [1.807, 2.05) is 0 Å². The van der Waals surface area contributed by atoms with E-state index in [0.717, 1.165) is 38.5 Å². The van der Waals surface area contributed by atoms with E-state index in [1.54, 1.807) is 0 Å². The van der Waals surface area contributed by atoms with Crippen molar-refractivity contribution in [1.82, 2.24) is 0 Å². The number of carbonyl (C=O) groups excluding carboxylic acids is 4. The predicted octanol–water partition coefficient (Wildman–Crippen LogP) is 9.53. The zero-order chi connectivity index (χ0) is 34.4. The minimum Gasteiger partial charge on any atom is -0.550 e. The second kappa shape index (κ2) is 43.6. The molecule has 0 aromatic rings. The summed E-state index contributed by atoms with van der Waals surface area (Å²) in [5, 5.41) is 20.5. The molecule has 7 heteroatoms. The molecular formula is C40H74CaO6. The second-order valence-corrected chi connectivity index (χ2v) is 13.6. The van der Waals surface area contributed by atoms with Gasteiger partial charge in [0.15, 0.2) is 0 Å². The first-order valence-electron chi connectivity index (χ1n) is 19.8. The minimum atomic E-state index is -1.25. The molecule has 0 aromatic heterocycles. The van der Waals surface area contributed by atoms with Crippen LogP contribution in [0.5, 0.6) is 0 Å². The van der Waals surface area contributed by atoms with Gasteiger partial charge < -0.3 is 19.8 Å². The van der Waals surface area contributed by atoms with E-state index in [1.165, 1.54) is 154 Å². The molecule has 0 bridgehead atoms. The largest absolute Gasteiger partial charge is 2.00 e. The smallest absolute Gasteiger partial charge is 0.550 e. The van der Waals surface area contributed by atoms with Crippen molar-refractivity contribution >= 4 is 61.2 Å². The number of aliphatic carboxylic acids is 2. The first kappa shape index (κ1) is 50.9. The summed E-state index contributed by atoms with van der Waals surface area (Å²) >= 11 is 0. The number of ketones is 2. The van der Waals surface area contributed by atoms with Gasteiger partial charge in [-0.3, -0.25) is 9.59 Å². The van der Waals surface area contributed by atoms with Gasteiger partial charge in [0.25, 0.3) is 0 Å². The van der Waals surface area contributed by atoms with Crippen molar-refractivity contribution in [2.75, 3.05) is 0 Å². The monoisotopic (exact) mass is 691 g/mol. The van der Waals surface area contributed by atoms with Gasteiger partial charge in [0.1, 0.15) is 11.6 Å². The molecule has 47 heavy (non-hydrogen) atoms. The topological polar surface area (TPSA) is 114 Å². The van der Waals surface area contributed by atoms with Crippen LogP contribution in [0.2, 0.25) is 0 Å². The maximum Gasteiger partial charge on any atom is 2.00 e. The Kier molecular flexibility index (Phi) is 47.2. The van der Waals surface area contributed by atoms with Crippen molar-refractivity contribution in [3.63, 3.8) is 0 Å². The number of carboxylic acid groups (broad SMARTS) is 2. The molecule has 0 atom stereocenters. The van der Waals surface area contributed by atoms with E-state index in [2.05, 4.69) is 13.8 Å². The first-order chi connectivity index (χ1) is 22.3. The average Bonchev–Trinajstić information content (AvgIpc) is 3.00. The van der Waals surface area contributed by atoms with Crippen molar-refractivity contribution in [2.45, 2.75) is 232 Å². The van der Waals surface area contributed by atoms with E-state index >= 15 is 0 Å². The Bertz CT molecular complexity index is 638. The van der Waals surface area contributed by atoms with Gasteiger partial charge in [-0.25, -0.2) is 0 Å². The summed E-state index contributed by atoms with van der Waals surface area (Å²) in [5.41, 5.74) is 0. The molecule has 0 N–H and O–H groups in total. The zero-order valence-electron chi connectivity index (χ0n) is 31.2. The number of unbranched alkanes of at least 4 members (excludes halogenated alkanes) is 28. The van der Waals surface area contributed by atoms with Gasteiger partial charge in [-0.1, -0.05) is 194 Å². The third kappa shape index (κ3) is 50.0. The maximum absolute atomic E-state index is 11.2. The van der Waals surface area contributed by atoms with E-state index in [9.17, 15) is 29.4 Å². The Balaban J connectivity index is -0.000000807. The summed E-state index contributed by atoms with van der Waals surface area (Å²) < 4.78 is 0. The fourth-order valence-electron chi connectivity index (χ4n) is 5.89. The fraction of sp³-hybridized carbons (Fsp3) is 0.900. The van der Waals surface area contributed by atoms with Gasteiger partial charge in [-0.05, 0) is 12.8 Å². The van der Waals surface area contributed by atoms with Crippen molar-refractivity contribution in [2.24, 2.45) is 0 Å². The van der Waals surface area contributed by atoms with Crippen molar-refractivity contribution < 1.29 is 29.4 Å². The van der Waals surface area contributed by atoms with Crippen LogP contribution in [0.25, 0.3) is 0 Å². The Labute approximate surface area is 320 Å². The summed E-state index contributed by atoms with van der Waals surface area (Å²) in [6.45, 7) is 4.52. The molecule has 0 fully saturated rings. The van der Waals surface area contributed by atoms with Crippen LogP contribution in [0.1, 0.15) is 232 Å². The summed E-state index contributed by atoms with van der Waals surface area (Å²) in [6, 6.07) is 0. The Hall–Kier alpha value is -0.460. The van der Waals surface area contributed by atoms with Crippen molar-refractivity contribution in [1.29, 1.82) is 0 Å². The van der Waals surface area contributed by atoms with Crippen LogP contribution in [0.3, 0.4) is 0 Å². The molecule has 0 radical (unpaired) electrons. The molecule has 272 valence electrons. The van der Waals surface area contributed by atoms with E-state index < -0.39 is 24.8 Å². The second-order valence-electron chi connectivity index (χ2n) is 13.6. The Morgan fingerprint density at radius 2 is 0.489 bits per heavy atom. The average molecular weight is 691 g/mol. The van der Waals surface area contributed by atoms with Gasteiger partial charge in [-0.2, -0.15) is 0 Å². The van der Waals surface area contributed by atoms with Gasteiger partial charge in [-0.15, -0.1) is 0 Å². The van der Waals surface area contributed by atoms with Crippen LogP contribution in [-0.2, 0) is 19.2 Å². The molecule has 0 aliphatic rings. The molecule has 0 saturated heterocycles. The van der Waals surface area contributed by atoms with Gasteiger partial charge in [0, 0.05) is 37.6 Å². The van der Waals surface area contributed by atoms with Crippen LogP contribution in [0.4, 0.5) is 0 Å². The van der Waals surface area contributed by atoms with Crippen LogP contribution in [0, 0.1) is 0 Å². The molecule has 0 aliphatic carbocycles. The van der Waals surface area contributed by atoms with Gasteiger partial charge in [0.05, 0.1) is 0 Å². The first-order valence-corrected chi connectivity index (χ1v) is 19.8. The van der Waals surface area contributed by atoms with Gasteiger partial charge in [0.2, 0.25) is 0 Å². The number of carboxylic acids is 2. The van der Waals surface area contributed by atoms with Crippen molar-refractivity contribution in [3.8, 4) is 0 Å². The SMILES string of the molecule is CCCCCCCCCCCCCCCCCC(=O)CC(=O)[O-].CCCCCCCCCCCCCCCCCC(=O)CC(=O)[O-].[Ca+2]. The van der Waals surface area contributed by atoms with Crippen LogP contribution < -0.4 is 10.2 Å². The van der Waals surface area contributed by atoms with Crippen LogP contribution in [-0.4, -0.2) is 61.2 Å². The molecule has 0 unspecified atom stereocenters. The molecule has 0 aliphatic heterocycles. The molecule has 0 heterocycles. The summed E-state index contributed by atoms with van der Waals surface area (Å²) in [7, 11) is 0. The molecule has 0 saturated carbocycles. The number of Topliss-reactive ketones (excluding diaryl/α,β-unsaturated/α-hetero) is 2. The molecule has 0 amide bonds. The number of hydrogen-bond acceptors (Lipinski definition) is 6. The quantitative estimate of drug-likeness (QED) is 0.0367. The standard InChI is InChI=1S/2C20H38O3.Ca/c2*1-2-3-4-5-6-7-8-9-10-11-12-13-14-15-16-17-19(21)18-20(22)23;/h2*2-18H2,1H3,(H,22,23);/q;;+2/p-2. The number of carbonyl (C=O) groups is 4. The third-order valence-corrected chi connectivity index (χ3v) is 8.80. The summed E-state index contributed by atoms with van der Waals surface area (Å²) in [4.78, 5) is 42.8. The minimum absolute atomic E-state index is 0. The summed E-state index contributed by atoms with van der Waals surface area (Å²) in [5.74, 6) is -2.90. The van der Waals surface area contributed by atoms with Crippen LogP contribution in [0.15, 0.2) is 0 Å². The van der Waals surface area contributed by atoms with E-state index in [0.29, 0.717) is 12.8 Å². The summed E-state index contributed by atoms with van der Waals surface area (Å²) in [6.07, 6.45) is 38.8. The Morgan fingerprint density at radius 3 is 0.660 bits per heavy atom. The third-order valence-electron chi connectivity index (χ3n) is 8.80. The van der Waals surface area contributed by atoms with E-state index in [4.69, 9.17) is 0 Å². The maximum atomic E-state index is 11.2.